The number of piperidine rings is 1. The van der Waals surface area contributed by atoms with E-state index >= 15 is 0 Å². The van der Waals surface area contributed by atoms with Gasteiger partial charge < -0.3 is 10.6 Å². The fourth-order valence-electron chi connectivity index (χ4n) is 3.49. The van der Waals surface area contributed by atoms with E-state index in [0.29, 0.717) is 25.2 Å². The van der Waals surface area contributed by atoms with E-state index in [2.05, 4.69) is 10.6 Å². The lowest BCUT2D eigenvalue weighted by Crippen LogP contribution is -2.36. The highest BCUT2D eigenvalue weighted by molar-refractivity contribution is 7.89. The Bertz CT molecular complexity index is 1040. The van der Waals surface area contributed by atoms with Crippen LogP contribution in [-0.4, -0.2) is 44.2 Å². The van der Waals surface area contributed by atoms with Crippen molar-refractivity contribution in [3.8, 4) is 0 Å². The molecular weight excluding hydrogens is 414 g/mol. The van der Waals surface area contributed by atoms with Gasteiger partial charge in [-0.25, -0.2) is 8.42 Å². The van der Waals surface area contributed by atoms with E-state index in [1.807, 2.05) is 26.0 Å². The zero-order chi connectivity index (χ0) is 22.4. The predicted molar refractivity (Wildman–Crippen MR) is 120 cm³/mol. The highest BCUT2D eigenvalue weighted by atomic mass is 32.2. The topological polar surface area (TPSA) is 95.6 Å². The molecule has 31 heavy (non-hydrogen) atoms. The third kappa shape index (κ3) is 5.92. The van der Waals surface area contributed by atoms with Gasteiger partial charge in [0.2, 0.25) is 10.0 Å². The zero-order valence-electron chi connectivity index (χ0n) is 18.0. The number of anilines is 1. The van der Waals surface area contributed by atoms with Crippen molar-refractivity contribution in [2.75, 3.05) is 25.0 Å². The summed E-state index contributed by atoms with van der Waals surface area (Å²) >= 11 is 0. The molecule has 3 rings (SSSR count). The molecule has 0 aromatic heterocycles. The molecule has 1 aliphatic rings. The van der Waals surface area contributed by atoms with Crippen LogP contribution >= 0.6 is 0 Å². The molecule has 8 heteroatoms. The number of nitrogens with one attached hydrogen (secondary N) is 2. The van der Waals surface area contributed by atoms with E-state index in [4.69, 9.17) is 0 Å². The van der Waals surface area contributed by atoms with Gasteiger partial charge in [0, 0.05) is 25.3 Å². The molecule has 0 saturated carbocycles. The molecule has 2 aromatic rings. The number of rotatable bonds is 6. The van der Waals surface area contributed by atoms with Crippen LogP contribution in [0.2, 0.25) is 0 Å². The Morgan fingerprint density at radius 3 is 2.23 bits per heavy atom. The standard InChI is InChI=1S/C23H29N3O4S/c1-17-6-9-20(16-18(17)2)25-23(28)22(27)24-13-12-19-7-10-21(11-8-19)31(29,30)26-14-4-3-5-15-26/h6-11,16H,3-5,12-15H2,1-2H3,(H,24,27)(H,25,28). The van der Waals surface area contributed by atoms with Gasteiger partial charge in [0.15, 0.2) is 0 Å². The maximum absolute atomic E-state index is 12.7. The molecule has 1 fully saturated rings. The summed E-state index contributed by atoms with van der Waals surface area (Å²) in [5, 5.41) is 5.19. The maximum atomic E-state index is 12.7. The highest BCUT2D eigenvalue weighted by Gasteiger charge is 2.25. The molecule has 0 atom stereocenters. The Morgan fingerprint density at radius 1 is 0.903 bits per heavy atom. The third-order valence-electron chi connectivity index (χ3n) is 5.55. The predicted octanol–water partition coefficient (Wildman–Crippen LogP) is 2.78. The molecule has 1 saturated heterocycles. The van der Waals surface area contributed by atoms with Crippen molar-refractivity contribution in [2.24, 2.45) is 0 Å². The Hall–Kier alpha value is -2.71. The van der Waals surface area contributed by atoms with Gasteiger partial charge in [0.05, 0.1) is 4.90 Å². The molecule has 1 aliphatic heterocycles. The summed E-state index contributed by atoms with van der Waals surface area (Å²) in [6.07, 6.45) is 3.36. The molecule has 2 N–H and O–H groups in total. The van der Waals surface area contributed by atoms with Crippen molar-refractivity contribution in [1.82, 2.24) is 9.62 Å². The average Bonchev–Trinajstić information content (AvgIpc) is 2.77. The van der Waals surface area contributed by atoms with E-state index in [1.54, 1.807) is 34.6 Å². The average molecular weight is 444 g/mol. The van der Waals surface area contributed by atoms with E-state index < -0.39 is 21.8 Å². The lowest BCUT2D eigenvalue weighted by Gasteiger charge is -2.25. The maximum Gasteiger partial charge on any atom is 0.313 e. The summed E-state index contributed by atoms with van der Waals surface area (Å²) in [5.41, 5.74) is 3.60. The number of sulfonamides is 1. The van der Waals surface area contributed by atoms with Crippen molar-refractivity contribution in [3.63, 3.8) is 0 Å². The summed E-state index contributed by atoms with van der Waals surface area (Å²) in [6, 6.07) is 12.2. The summed E-state index contributed by atoms with van der Waals surface area (Å²) in [5.74, 6) is -1.42. The number of aryl methyl sites for hydroxylation is 2. The van der Waals surface area contributed by atoms with Crippen molar-refractivity contribution in [2.45, 2.75) is 44.4 Å². The fraction of sp³-hybridized carbons (Fsp3) is 0.391. The Morgan fingerprint density at radius 2 is 1.58 bits per heavy atom. The van der Waals surface area contributed by atoms with Gasteiger partial charge in [-0.3, -0.25) is 9.59 Å². The quantitative estimate of drug-likeness (QED) is 0.671. The number of carbonyl (C=O) groups is 2. The van der Waals surface area contributed by atoms with Gasteiger partial charge in [0.25, 0.3) is 0 Å². The number of benzene rings is 2. The zero-order valence-corrected chi connectivity index (χ0v) is 18.8. The van der Waals surface area contributed by atoms with Crippen molar-refractivity contribution >= 4 is 27.5 Å². The number of amides is 2. The molecule has 0 unspecified atom stereocenters. The molecule has 0 spiro atoms. The number of carbonyl (C=O) groups excluding carboxylic acids is 2. The largest absolute Gasteiger partial charge is 0.347 e. The minimum Gasteiger partial charge on any atom is -0.347 e. The minimum atomic E-state index is -3.45. The molecule has 2 aromatic carbocycles. The number of hydrogen-bond acceptors (Lipinski definition) is 4. The van der Waals surface area contributed by atoms with Crippen molar-refractivity contribution in [1.29, 1.82) is 0 Å². The van der Waals surface area contributed by atoms with Crippen LogP contribution in [0.25, 0.3) is 0 Å². The summed E-state index contributed by atoms with van der Waals surface area (Å²) in [7, 11) is -3.45. The second kappa shape index (κ2) is 10.1. The molecule has 166 valence electrons. The van der Waals surface area contributed by atoms with Crippen LogP contribution in [0.5, 0.6) is 0 Å². The molecule has 0 aliphatic carbocycles. The van der Waals surface area contributed by atoms with E-state index in [9.17, 15) is 18.0 Å². The molecule has 2 amide bonds. The highest BCUT2D eigenvalue weighted by Crippen LogP contribution is 2.21. The van der Waals surface area contributed by atoms with Gasteiger partial charge in [-0.05, 0) is 74.1 Å². The van der Waals surface area contributed by atoms with Crippen LogP contribution in [0.3, 0.4) is 0 Å². The Balaban J connectivity index is 1.49. The number of hydrogen-bond donors (Lipinski definition) is 2. The van der Waals surface area contributed by atoms with Crippen LogP contribution in [-0.2, 0) is 26.0 Å². The number of nitrogens with zero attached hydrogens (tertiary/aromatic N) is 1. The van der Waals surface area contributed by atoms with Crippen LogP contribution in [0.15, 0.2) is 47.4 Å². The second-order valence-corrected chi connectivity index (χ2v) is 9.81. The van der Waals surface area contributed by atoms with Gasteiger partial charge in [0.1, 0.15) is 0 Å². The van der Waals surface area contributed by atoms with Crippen molar-refractivity contribution < 1.29 is 18.0 Å². The lowest BCUT2D eigenvalue weighted by molar-refractivity contribution is -0.136. The first kappa shape index (κ1) is 23.0. The smallest absolute Gasteiger partial charge is 0.313 e. The van der Waals surface area contributed by atoms with E-state index in [1.165, 1.54) is 0 Å². The monoisotopic (exact) mass is 443 g/mol. The van der Waals surface area contributed by atoms with Gasteiger partial charge in [-0.2, -0.15) is 4.31 Å². The summed E-state index contributed by atoms with van der Waals surface area (Å²) in [4.78, 5) is 24.4. The molecule has 1 heterocycles. The van der Waals surface area contributed by atoms with Crippen LogP contribution in [0.1, 0.15) is 36.0 Å². The molecule has 0 bridgehead atoms. The van der Waals surface area contributed by atoms with E-state index in [0.717, 1.165) is 36.0 Å². The first-order chi connectivity index (χ1) is 14.8. The van der Waals surface area contributed by atoms with E-state index in [-0.39, 0.29) is 11.4 Å². The second-order valence-electron chi connectivity index (χ2n) is 7.87. The normalized spacial score (nSPS) is 14.8. The first-order valence-electron chi connectivity index (χ1n) is 10.5. The fourth-order valence-corrected chi connectivity index (χ4v) is 5.01. The lowest BCUT2D eigenvalue weighted by atomic mass is 10.1. The Kier molecular flexibility index (Phi) is 7.46. The Labute approximate surface area is 183 Å². The SMILES string of the molecule is Cc1ccc(NC(=O)C(=O)NCCc2ccc(S(=O)(=O)N3CCCCC3)cc2)cc1C. The van der Waals surface area contributed by atoms with Gasteiger partial charge >= 0.3 is 11.8 Å². The van der Waals surface area contributed by atoms with Gasteiger partial charge in [-0.15, -0.1) is 0 Å². The molecule has 0 radical (unpaired) electrons. The van der Waals surface area contributed by atoms with Crippen molar-refractivity contribution in [3.05, 3.63) is 59.2 Å². The molecular formula is C23H29N3O4S. The van der Waals surface area contributed by atoms with Crippen LogP contribution < -0.4 is 10.6 Å². The molecule has 7 nitrogen and oxygen atoms in total. The van der Waals surface area contributed by atoms with Crippen LogP contribution in [0, 0.1) is 13.8 Å². The summed E-state index contributed by atoms with van der Waals surface area (Å²) < 4.78 is 26.9. The third-order valence-corrected chi connectivity index (χ3v) is 7.46. The first-order valence-corrected chi connectivity index (χ1v) is 12.0. The minimum absolute atomic E-state index is 0.275. The van der Waals surface area contributed by atoms with Crippen LogP contribution in [0.4, 0.5) is 5.69 Å². The van der Waals surface area contributed by atoms with Gasteiger partial charge in [-0.1, -0.05) is 24.6 Å². The summed E-state index contributed by atoms with van der Waals surface area (Å²) in [6.45, 7) is 5.33.